The van der Waals surface area contributed by atoms with Crippen LogP contribution in [0.3, 0.4) is 0 Å². The molecule has 0 aliphatic carbocycles. The maximum atomic E-state index is 13.5. The Bertz CT molecular complexity index is 2190. The molecule has 0 radical (unpaired) electrons. The zero-order valence-corrected chi connectivity index (χ0v) is 25.6. The minimum absolute atomic E-state index is 0.0775. The third-order valence-electron chi connectivity index (χ3n) is 7.65. The number of halogens is 1. The van der Waals surface area contributed by atoms with Crippen LogP contribution in [0.4, 0.5) is 10.1 Å². The van der Waals surface area contributed by atoms with Crippen molar-refractivity contribution < 1.29 is 13.9 Å². The number of para-hydroxylation sites is 2. The molecule has 1 N–H and O–H groups in total. The summed E-state index contributed by atoms with van der Waals surface area (Å²) in [4.78, 5) is 26.9. The fraction of sp³-hybridized carbons (Fsp3) is 0.0811. The Kier molecular flexibility index (Phi) is 8.62. The molecule has 4 aromatic carbocycles. The smallest absolute Gasteiger partial charge is 0.295 e. The van der Waals surface area contributed by atoms with E-state index in [9.17, 15) is 19.2 Å². The Morgan fingerprint density at radius 1 is 0.957 bits per heavy atom. The monoisotopic (exact) mass is 624 g/mol. The normalized spacial score (nSPS) is 11.2. The van der Waals surface area contributed by atoms with Gasteiger partial charge in [0.05, 0.1) is 17.1 Å². The average molecular weight is 625 g/mol. The zero-order chi connectivity index (χ0) is 32.9. The topological polar surface area (TPSA) is 107 Å². The Morgan fingerprint density at radius 2 is 1.64 bits per heavy atom. The molecule has 0 spiro atoms. The first-order valence-corrected chi connectivity index (χ1v) is 14.7. The van der Waals surface area contributed by atoms with Crippen molar-refractivity contribution in [3.8, 4) is 34.5 Å². The number of hydrogen-bond donors (Lipinski definition) is 1. The second-order valence-corrected chi connectivity index (χ2v) is 10.7. The number of benzene rings is 4. The van der Waals surface area contributed by atoms with Crippen molar-refractivity contribution in [2.45, 2.75) is 13.5 Å². The fourth-order valence-corrected chi connectivity index (χ4v) is 5.11. The predicted molar refractivity (Wildman–Crippen MR) is 178 cm³/mol. The van der Waals surface area contributed by atoms with Crippen LogP contribution in [0.15, 0.2) is 126 Å². The summed E-state index contributed by atoms with van der Waals surface area (Å²) in [5.41, 5.74) is 3.89. The van der Waals surface area contributed by atoms with Crippen LogP contribution in [0, 0.1) is 24.1 Å². The van der Waals surface area contributed by atoms with Gasteiger partial charge in [0, 0.05) is 24.4 Å². The van der Waals surface area contributed by atoms with E-state index in [0.29, 0.717) is 34.0 Å². The lowest BCUT2D eigenvalue weighted by atomic mass is 10.1. The maximum absolute atomic E-state index is 13.5. The summed E-state index contributed by atoms with van der Waals surface area (Å²) < 4.78 is 24.1. The van der Waals surface area contributed by atoms with E-state index in [-0.39, 0.29) is 23.7 Å². The lowest BCUT2D eigenvalue weighted by Gasteiger charge is -2.08. The number of carbonyl (C=O) groups excluding carboxylic acids is 1. The highest BCUT2D eigenvalue weighted by molar-refractivity contribution is 6.10. The number of amides is 1. The number of nitriles is 1. The number of anilines is 1. The maximum Gasteiger partial charge on any atom is 0.295 e. The quantitative estimate of drug-likeness (QED) is 0.144. The van der Waals surface area contributed by atoms with E-state index >= 15 is 0 Å². The van der Waals surface area contributed by atoms with Crippen LogP contribution in [-0.4, -0.2) is 25.1 Å². The molecular formula is C37H29FN6O3. The number of rotatable bonds is 9. The van der Waals surface area contributed by atoms with Gasteiger partial charge in [-0.15, -0.1) is 0 Å². The van der Waals surface area contributed by atoms with Gasteiger partial charge in [-0.3, -0.25) is 14.3 Å². The largest absolute Gasteiger partial charge is 0.489 e. The molecule has 6 rings (SSSR count). The van der Waals surface area contributed by atoms with Gasteiger partial charge in [0.25, 0.3) is 11.5 Å². The van der Waals surface area contributed by atoms with Gasteiger partial charge in [0.2, 0.25) is 0 Å². The Labute approximate surface area is 270 Å². The van der Waals surface area contributed by atoms with E-state index in [1.165, 1.54) is 22.9 Å². The SMILES string of the molecule is Cc1c(NC(=O)/C(C#N)=C\c2cn(-c3ccccc3)nc2-c2cccc(OCc3ccc(F)cc3)c2)c(=O)n(-c2ccccc2)n1C. The first-order chi connectivity index (χ1) is 22.8. The molecule has 0 saturated heterocycles. The average Bonchev–Trinajstić information content (AvgIpc) is 3.62. The van der Waals surface area contributed by atoms with Crippen LogP contribution >= 0.6 is 0 Å². The van der Waals surface area contributed by atoms with Gasteiger partial charge >= 0.3 is 0 Å². The van der Waals surface area contributed by atoms with E-state index in [4.69, 9.17) is 9.84 Å². The summed E-state index contributed by atoms with van der Waals surface area (Å²) in [6.07, 6.45) is 3.19. The summed E-state index contributed by atoms with van der Waals surface area (Å²) in [7, 11) is 1.72. The van der Waals surface area contributed by atoms with Crippen LogP contribution in [0.25, 0.3) is 28.7 Å². The number of aromatic nitrogens is 4. The first-order valence-electron chi connectivity index (χ1n) is 14.7. The lowest BCUT2D eigenvalue weighted by Crippen LogP contribution is -2.23. The minimum Gasteiger partial charge on any atom is -0.489 e. The summed E-state index contributed by atoms with van der Waals surface area (Å²) in [6.45, 7) is 1.96. The third kappa shape index (κ3) is 6.50. The number of ether oxygens (including phenoxy) is 1. The molecule has 0 aliphatic rings. The Hall–Kier alpha value is -6.47. The first kappa shape index (κ1) is 30.6. The Morgan fingerprint density at radius 3 is 2.32 bits per heavy atom. The molecule has 0 saturated carbocycles. The fourth-order valence-electron chi connectivity index (χ4n) is 5.11. The van der Waals surface area contributed by atoms with Crippen molar-refractivity contribution in [1.29, 1.82) is 5.26 Å². The second kappa shape index (κ2) is 13.3. The van der Waals surface area contributed by atoms with E-state index in [2.05, 4.69) is 5.32 Å². The van der Waals surface area contributed by atoms with Crippen LogP contribution in [0.5, 0.6) is 5.75 Å². The molecule has 2 heterocycles. The second-order valence-electron chi connectivity index (χ2n) is 10.7. The predicted octanol–water partition coefficient (Wildman–Crippen LogP) is 6.60. The molecule has 0 atom stereocenters. The molecule has 10 heteroatoms. The van der Waals surface area contributed by atoms with Crippen molar-refractivity contribution in [2.24, 2.45) is 7.05 Å². The standard InChI is InChI=1S/C37H29FN6O3/c1-25-34(37(46)44(42(25)2)32-13-7-4-8-14-32)40-36(45)28(22-39)20-29-23-43(31-11-5-3-6-12-31)41-35(29)27-10-9-15-33(21-27)47-24-26-16-18-30(38)19-17-26/h3-21,23H,24H2,1-2H3,(H,40,45)/b28-20-. The van der Waals surface area contributed by atoms with Gasteiger partial charge in [-0.05, 0) is 67.1 Å². The van der Waals surface area contributed by atoms with Crippen LogP contribution < -0.4 is 15.6 Å². The summed E-state index contributed by atoms with van der Waals surface area (Å²) in [6, 6.07) is 33.9. The van der Waals surface area contributed by atoms with E-state index in [0.717, 1.165) is 11.3 Å². The van der Waals surface area contributed by atoms with Gasteiger partial charge in [0.15, 0.2) is 0 Å². The molecule has 1 amide bonds. The zero-order valence-electron chi connectivity index (χ0n) is 25.6. The molecule has 0 unspecified atom stereocenters. The lowest BCUT2D eigenvalue weighted by molar-refractivity contribution is -0.112. The number of hydrogen-bond acceptors (Lipinski definition) is 5. The molecule has 6 aromatic rings. The van der Waals surface area contributed by atoms with Gasteiger partial charge in [0.1, 0.15) is 41.2 Å². The molecular weight excluding hydrogens is 595 g/mol. The molecule has 232 valence electrons. The molecule has 0 aliphatic heterocycles. The van der Waals surface area contributed by atoms with Gasteiger partial charge < -0.3 is 10.1 Å². The van der Waals surface area contributed by atoms with E-state index < -0.39 is 11.5 Å². The van der Waals surface area contributed by atoms with E-state index in [1.54, 1.807) is 59.9 Å². The van der Waals surface area contributed by atoms with Crippen LogP contribution in [0.1, 0.15) is 16.8 Å². The highest BCUT2D eigenvalue weighted by atomic mass is 19.1. The van der Waals surface area contributed by atoms with E-state index in [1.807, 2.05) is 72.8 Å². The van der Waals surface area contributed by atoms with Crippen molar-refractivity contribution in [3.63, 3.8) is 0 Å². The van der Waals surface area contributed by atoms with Crippen molar-refractivity contribution in [2.75, 3.05) is 5.32 Å². The highest BCUT2D eigenvalue weighted by Gasteiger charge is 2.21. The third-order valence-corrected chi connectivity index (χ3v) is 7.65. The molecule has 0 bridgehead atoms. The molecule has 47 heavy (non-hydrogen) atoms. The Balaban J connectivity index is 1.34. The number of nitrogens with zero attached hydrogens (tertiary/aromatic N) is 5. The summed E-state index contributed by atoms with van der Waals surface area (Å²) in [5, 5.41) is 17.6. The van der Waals surface area contributed by atoms with Gasteiger partial charge in [-0.1, -0.05) is 60.7 Å². The van der Waals surface area contributed by atoms with Crippen molar-refractivity contribution in [3.05, 3.63) is 154 Å². The van der Waals surface area contributed by atoms with Crippen molar-refractivity contribution in [1.82, 2.24) is 19.1 Å². The minimum atomic E-state index is -0.728. The van der Waals surface area contributed by atoms with Gasteiger partial charge in [-0.25, -0.2) is 13.8 Å². The summed E-state index contributed by atoms with van der Waals surface area (Å²) >= 11 is 0. The molecule has 2 aromatic heterocycles. The van der Waals surface area contributed by atoms with Crippen LogP contribution in [0.2, 0.25) is 0 Å². The van der Waals surface area contributed by atoms with Gasteiger partial charge in [-0.2, -0.15) is 10.4 Å². The number of carbonyl (C=O) groups is 1. The summed E-state index contributed by atoms with van der Waals surface area (Å²) in [5.74, 6) is -0.490. The molecule has 0 fully saturated rings. The van der Waals surface area contributed by atoms with Crippen molar-refractivity contribution >= 4 is 17.7 Å². The highest BCUT2D eigenvalue weighted by Crippen LogP contribution is 2.29. The molecule has 9 nitrogen and oxygen atoms in total. The van der Waals surface area contributed by atoms with Crippen LogP contribution in [-0.2, 0) is 18.4 Å². The number of nitrogens with one attached hydrogen (secondary N) is 1.